The molecule has 1 aromatic rings. The van der Waals surface area contributed by atoms with Gasteiger partial charge in [-0.3, -0.25) is 9.59 Å². The van der Waals surface area contributed by atoms with Gasteiger partial charge in [0.1, 0.15) is 4.99 Å². The van der Waals surface area contributed by atoms with E-state index in [1.54, 1.807) is 6.07 Å². The van der Waals surface area contributed by atoms with Crippen LogP contribution in [0.4, 0.5) is 5.69 Å². The molecule has 4 nitrogen and oxygen atoms in total. The molecule has 2 rings (SSSR count). The van der Waals surface area contributed by atoms with E-state index in [1.165, 1.54) is 4.90 Å². The van der Waals surface area contributed by atoms with E-state index in [0.29, 0.717) is 24.1 Å². The van der Waals surface area contributed by atoms with Gasteiger partial charge in [0, 0.05) is 12.0 Å². The molecule has 2 N–H and O–H groups in total. The van der Waals surface area contributed by atoms with Crippen LogP contribution in [0.25, 0.3) is 0 Å². The molecule has 1 fully saturated rings. The second-order valence-electron chi connectivity index (χ2n) is 5.53. The summed E-state index contributed by atoms with van der Waals surface area (Å²) in [4.78, 5) is 26.7. The van der Waals surface area contributed by atoms with Gasteiger partial charge in [0.2, 0.25) is 11.8 Å². The largest absolute Gasteiger partial charge is 0.389 e. The van der Waals surface area contributed by atoms with Crippen molar-refractivity contribution in [2.75, 3.05) is 4.90 Å². The van der Waals surface area contributed by atoms with Gasteiger partial charge in [-0.1, -0.05) is 38.2 Å². The molecule has 0 saturated carbocycles. The summed E-state index contributed by atoms with van der Waals surface area (Å²) in [6.45, 7) is 5.77. The van der Waals surface area contributed by atoms with Crippen molar-refractivity contribution < 1.29 is 9.59 Å². The highest BCUT2D eigenvalue weighted by molar-refractivity contribution is 7.80. The van der Waals surface area contributed by atoms with E-state index < -0.39 is 5.41 Å². The number of carbonyl (C=O) groups excluding carboxylic acids is 2. The summed E-state index contributed by atoms with van der Waals surface area (Å²) in [5, 5.41) is 0. The normalized spacial score (nSPS) is 17.4. The predicted molar refractivity (Wildman–Crippen MR) is 87.2 cm³/mol. The van der Waals surface area contributed by atoms with Crippen molar-refractivity contribution in [3.63, 3.8) is 0 Å². The van der Waals surface area contributed by atoms with Crippen LogP contribution in [0.3, 0.4) is 0 Å². The van der Waals surface area contributed by atoms with Crippen LogP contribution in [0, 0.1) is 12.3 Å². The quantitative estimate of drug-likeness (QED) is 0.686. The Bertz CT molecular complexity index is 621. The number of thiocarbonyl (C=S) groups is 1. The van der Waals surface area contributed by atoms with Gasteiger partial charge in [0.25, 0.3) is 0 Å². The summed E-state index contributed by atoms with van der Waals surface area (Å²) in [6.07, 6.45) is 1.56. The highest BCUT2D eigenvalue weighted by Gasteiger charge is 2.50. The maximum atomic E-state index is 12.8. The summed E-state index contributed by atoms with van der Waals surface area (Å²) >= 11 is 5.09. The lowest BCUT2D eigenvalue weighted by molar-refractivity contribution is -0.126. The first-order valence-electron chi connectivity index (χ1n) is 7.14. The first-order chi connectivity index (χ1) is 9.88. The predicted octanol–water partition coefficient (Wildman–Crippen LogP) is 2.70. The number of anilines is 1. The van der Waals surface area contributed by atoms with Crippen molar-refractivity contribution in [2.45, 2.75) is 40.0 Å². The van der Waals surface area contributed by atoms with E-state index in [1.807, 2.05) is 32.9 Å². The average Bonchev–Trinajstić information content (AvgIpc) is 2.69. The maximum Gasteiger partial charge on any atom is 0.240 e. The van der Waals surface area contributed by atoms with Crippen molar-refractivity contribution in [1.82, 2.24) is 0 Å². The molecule has 21 heavy (non-hydrogen) atoms. The Labute approximate surface area is 130 Å². The molecule has 0 spiro atoms. The van der Waals surface area contributed by atoms with Crippen molar-refractivity contribution >= 4 is 34.7 Å². The van der Waals surface area contributed by atoms with Crippen molar-refractivity contribution in [3.8, 4) is 0 Å². The fourth-order valence-corrected chi connectivity index (χ4v) is 3.27. The van der Waals surface area contributed by atoms with Gasteiger partial charge in [-0.05, 0) is 31.4 Å². The Balaban J connectivity index is 2.58. The van der Waals surface area contributed by atoms with Crippen LogP contribution in [0.5, 0.6) is 0 Å². The molecule has 0 aliphatic carbocycles. The molecule has 0 bridgehead atoms. The zero-order valence-corrected chi connectivity index (χ0v) is 13.4. The van der Waals surface area contributed by atoms with Crippen LogP contribution >= 0.6 is 12.2 Å². The van der Waals surface area contributed by atoms with E-state index in [-0.39, 0.29) is 23.2 Å². The standard InChI is InChI=1S/C16H20N2O2S/c1-4-16(5-2)9-12(19)18(15(16)20)11-8-6-7-10(3)13(11)14(17)21/h6-8H,4-5,9H2,1-3H3,(H2,17,21). The van der Waals surface area contributed by atoms with Crippen LogP contribution in [0.2, 0.25) is 0 Å². The first-order valence-corrected chi connectivity index (χ1v) is 7.55. The third-order valence-corrected chi connectivity index (χ3v) is 4.69. The molecule has 0 unspecified atom stereocenters. The van der Waals surface area contributed by atoms with Gasteiger partial charge in [0.15, 0.2) is 0 Å². The molecule has 0 aromatic heterocycles. The SMILES string of the molecule is CCC1(CC)CC(=O)N(c2cccc(C)c2C(N)=S)C1=O. The summed E-state index contributed by atoms with van der Waals surface area (Å²) < 4.78 is 0. The van der Waals surface area contributed by atoms with Crippen LogP contribution in [-0.2, 0) is 9.59 Å². The van der Waals surface area contributed by atoms with Crippen LogP contribution < -0.4 is 10.6 Å². The molecule has 1 saturated heterocycles. The molecule has 5 heteroatoms. The van der Waals surface area contributed by atoms with Gasteiger partial charge in [-0.15, -0.1) is 0 Å². The molecule has 0 radical (unpaired) electrons. The number of nitrogens with two attached hydrogens (primary N) is 1. The maximum absolute atomic E-state index is 12.8. The molecule has 1 aliphatic heterocycles. The fraction of sp³-hybridized carbons (Fsp3) is 0.438. The third-order valence-electron chi connectivity index (χ3n) is 4.49. The van der Waals surface area contributed by atoms with Gasteiger partial charge in [-0.2, -0.15) is 0 Å². The Morgan fingerprint density at radius 2 is 1.95 bits per heavy atom. The molecule has 1 heterocycles. The highest BCUT2D eigenvalue weighted by atomic mass is 32.1. The van der Waals surface area contributed by atoms with E-state index in [0.717, 1.165) is 5.56 Å². The van der Waals surface area contributed by atoms with E-state index in [9.17, 15) is 9.59 Å². The van der Waals surface area contributed by atoms with Crippen LogP contribution in [0.15, 0.2) is 18.2 Å². The Morgan fingerprint density at radius 3 is 2.43 bits per heavy atom. The number of hydrogen-bond donors (Lipinski definition) is 1. The molecule has 1 aromatic carbocycles. The Hall–Kier alpha value is -1.75. The lowest BCUT2D eigenvalue weighted by Crippen LogP contribution is -2.36. The second kappa shape index (κ2) is 5.56. The van der Waals surface area contributed by atoms with Crippen molar-refractivity contribution in [2.24, 2.45) is 11.1 Å². The molecule has 2 amide bonds. The molecule has 1 aliphatic rings. The monoisotopic (exact) mass is 304 g/mol. The van der Waals surface area contributed by atoms with Gasteiger partial charge in [0.05, 0.1) is 11.1 Å². The van der Waals surface area contributed by atoms with E-state index >= 15 is 0 Å². The summed E-state index contributed by atoms with van der Waals surface area (Å²) in [5.41, 5.74) is 7.19. The Morgan fingerprint density at radius 1 is 1.33 bits per heavy atom. The van der Waals surface area contributed by atoms with Crippen LogP contribution in [-0.4, -0.2) is 16.8 Å². The molecular weight excluding hydrogens is 284 g/mol. The third kappa shape index (κ3) is 2.35. The fourth-order valence-electron chi connectivity index (χ4n) is 3.00. The number of benzene rings is 1. The summed E-state index contributed by atoms with van der Waals surface area (Å²) in [5.74, 6) is -0.313. The van der Waals surface area contributed by atoms with Gasteiger partial charge < -0.3 is 5.73 Å². The smallest absolute Gasteiger partial charge is 0.240 e. The van der Waals surface area contributed by atoms with Crippen molar-refractivity contribution in [3.05, 3.63) is 29.3 Å². The zero-order chi connectivity index (χ0) is 15.8. The number of carbonyl (C=O) groups is 2. The Kier molecular flexibility index (Phi) is 4.14. The van der Waals surface area contributed by atoms with E-state index in [2.05, 4.69) is 0 Å². The lowest BCUT2D eigenvalue weighted by Gasteiger charge is -2.25. The van der Waals surface area contributed by atoms with Crippen LogP contribution in [0.1, 0.15) is 44.2 Å². The van der Waals surface area contributed by atoms with E-state index in [4.69, 9.17) is 18.0 Å². The first kappa shape index (κ1) is 15.6. The average molecular weight is 304 g/mol. The minimum Gasteiger partial charge on any atom is -0.389 e. The minimum absolute atomic E-state index is 0.138. The number of rotatable bonds is 4. The minimum atomic E-state index is -0.589. The number of hydrogen-bond acceptors (Lipinski definition) is 3. The lowest BCUT2D eigenvalue weighted by atomic mass is 9.81. The highest BCUT2D eigenvalue weighted by Crippen LogP contribution is 2.42. The summed E-state index contributed by atoms with van der Waals surface area (Å²) in [7, 11) is 0. The van der Waals surface area contributed by atoms with Gasteiger partial charge >= 0.3 is 0 Å². The molecule has 112 valence electrons. The number of amides is 2. The second-order valence-corrected chi connectivity index (χ2v) is 5.97. The topological polar surface area (TPSA) is 63.4 Å². The number of imide groups is 1. The zero-order valence-electron chi connectivity index (χ0n) is 12.6. The molecule has 0 atom stereocenters. The number of nitrogens with zero attached hydrogens (tertiary/aromatic N) is 1. The van der Waals surface area contributed by atoms with Gasteiger partial charge in [-0.25, -0.2) is 4.90 Å². The molecular formula is C16H20N2O2S. The number of aryl methyl sites for hydroxylation is 1. The van der Waals surface area contributed by atoms with Crippen molar-refractivity contribution in [1.29, 1.82) is 0 Å². The summed E-state index contributed by atoms with van der Waals surface area (Å²) in [6, 6.07) is 5.42.